The van der Waals surface area contributed by atoms with E-state index < -0.39 is 0 Å². The smallest absolute Gasteiger partial charge is 0.228 e. The summed E-state index contributed by atoms with van der Waals surface area (Å²) in [7, 11) is 0. The third kappa shape index (κ3) is 2.95. The lowest BCUT2D eigenvalue weighted by Crippen LogP contribution is -2.32. The van der Waals surface area contributed by atoms with Crippen LogP contribution in [0.1, 0.15) is 40.2 Å². The van der Waals surface area contributed by atoms with Crippen molar-refractivity contribution in [2.75, 3.05) is 6.54 Å². The Kier molecular flexibility index (Phi) is 3.96. The van der Waals surface area contributed by atoms with Crippen molar-refractivity contribution in [2.24, 2.45) is 0 Å². The van der Waals surface area contributed by atoms with E-state index in [4.69, 9.17) is 0 Å². The molecule has 0 aliphatic carbocycles. The van der Waals surface area contributed by atoms with Gasteiger partial charge in [0.15, 0.2) is 0 Å². The fourth-order valence-corrected chi connectivity index (χ4v) is 3.76. The van der Waals surface area contributed by atoms with Gasteiger partial charge in [-0.2, -0.15) is 0 Å². The van der Waals surface area contributed by atoms with Crippen molar-refractivity contribution in [3.8, 4) is 0 Å². The molecule has 3 heterocycles. The van der Waals surface area contributed by atoms with Crippen LogP contribution in [0.25, 0.3) is 0 Å². The number of amides is 1. The molecule has 1 fully saturated rings. The predicted molar refractivity (Wildman–Crippen MR) is 81.0 cm³/mol. The lowest BCUT2D eigenvalue weighted by molar-refractivity contribution is -0.131. The molecule has 1 aliphatic heterocycles. The van der Waals surface area contributed by atoms with Crippen molar-refractivity contribution in [3.05, 3.63) is 39.9 Å². The van der Waals surface area contributed by atoms with Gasteiger partial charge in [-0.25, -0.2) is 4.98 Å². The first-order valence-electron chi connectivity index (χ1n) is 7.13. The highest BCUT2D eigenvalue weighted by Crippen LogP contribution is 2.31. The highest BCUT2D eigenvalue weighted by Gasteiger charge is 2.31. The van der Waals surface area contributed by atoms with Crippen LogP contribution in [-0.2, 0) is 11.2 Å². The molecule has 3 rings (SSSR count). The van der Waals surface area contributed by atoms with Gasteiger partial charge in [-0.1, -0.05) is 0 Å². The number of aryl methyl sites for hydroxylation is 2. The molecule has 6 heteroatoms. The predicted octanol–water partition coefficient (Wildman–Crippen LogP) is 2.46. The van der Waals surface area contributed by atoms with Gasteiger partial charge < -0.3 is 4.90 Å². The Bertz CT molecular complexity index is 640. The van der Waals surface area contributed by atoms with Gasteiger partial charge in [0.05, 0.1) is 35.1 Å². The molecule has 0 unspecified atom stereocenters. The van der Waals surface area contributed by atoms with Gasteiger partial charge in [0.2, 0.25) is 5.91 Å². The maximum absolute atomic E-state index is 12.6. The van der Waals surface area contributed by atoms with Crippen molar-refractivity contribution in [1.29, 1.82) is 0 Å². The number of thiazole rings is 1. The van der Waals surface area contributed by atoms with E-state index in [1.807, 2.05) is 18.7 Å². The molecule has 2 aromatic heterocycles. The quantitative estimate of drug-likeness (QED) is 0.874. The topological polar surface area (TPSA) is 59.0 Å². The van der Waals surface area contributed by atoms with Crippen LogP contribution in [0, 0.1) is 13.8 Å². The highest BCUT2D eigenvalue weighted by atomic mass is 32.1. The molecule has 0 N–H and O–H groups in total. The van der Waals surface area contributed by atoms with Gasteiger partial charge in [-0.05, 0) is 26.7 Å². The van der Waals surface area contributed by atoms with Crippen molar-refractivity contribution >= 4 is 17.2 Å². The van der Waals surface area contributed by atoms with Crippen LogP contribution in [0.5, 0.6) is 0 Å². The molecule has 21 heavy (non-hydrogen) atoms. The van der Waals surface area contributed by atoms with Crippen LogP contribution in [0.15, 0.2) is 18.6 Å². The first kappa shape index (κ1) is 14.1. The molecule has 0 spiro atoms. The van der Waals surface area contributed by atoms with Crippen molar-refractivity contribution < 1.29 is 4.79 Å². The van der Waals surface area contributed by atoms with Crippen LogP contribution in [0.2, 0.25) is 0 Å². The molecule has 0 bridgehead atoms. The molecule has 1 atom stereocenters. The van der Waals surface area contributed by atoms with Crippen LogP contribution >= 0.6 is 11.3 Å². The molecule has 0 saturated carbocycles. The Morgan fingerprint density at radius 1 is 1.43 bits per heavy atom. The summed E-state index contributed by atoms with van der Waals surface area (Å²) in [5, 5.41) is 1.02. The van der Waals surface area contributed by atoms with Crippen LogP contribution in [-0.4, -0.2) is 32.3 Å². The van der Waals surface area contributed by atoms with Crippen LogP contribution in [0.4, 0.5) is 0 Å². The highest BCUT2D eigenvalue weighted by molar-refractivity contribution is 7.11. The Morgan fingerprint density at radius 3 is 2.95 bits per heavy atom. The van der Waals surface area contributed by atoms with E-state index in [-0.39, 0.29) is 11.9 Å². The number of hydrogen-bond donors (Lipinski definition) is 0. The Balaban J connectivity index is 1.76. The zero-order valence-electron chi connectivity index (χ0n) is 12.2. The number of aromatic nitrogens is 3. The van der Waals surface area contributed by atoms with E-state index in [1.54, 1.807) is 29.9 Å². The minimum atomic E-state index is 0.0699. The third-order valence-electron chi connectivity index (χ3n) is 3.81. The van der Waals surface area contributed by atoms with Crippen molar-refractivity contribution in [1.82, 2.24) is 19.9 Å². The number of nitrogens with zero attached hydrogens (tertiary/aromatic N) is 4. The monoisotopic (exact) mass is 302 g/mol. The molecular weight excluding hydrogens is 284 g/mol. The SMILES string of the molecule is Cc1nc(C)c(CC(=O)N2CCC[C@@H]2c2cnccn2)s1. The average molecular weight is 302 g/mol. The van der Waals surface area contributed by atoms with E-state index in [2.05, 4.69) is 15.0 Å². The largest absolute Gasteiger partial charge is 0.334 e. The molecule has 2 aromatic rings. The molecular formula is C15H18N4OS. The third-order valence-corrected chi connectivity index (χ3v) is 4.88. The number of likely N-dealkylation sites (tertiary alicyclic amines) is 1. The summed E-state index contributed by atoms with van der Waals surface area (Å²) in [6.07, 6.45) is 7.53. The van der Waals surface area contributed by atoms with Gasteiger partial charge in [-0.3, -0.25) is 14.8 Å². The van der Waals surface area contributed by atoms with E-state index in [9.17, 15) is 4.79 Å². The zero-order valence-corrected chi connectivity index (χ0v) is 13.1. The molecule has 0 radical (unpaired) electrons. The first-order chi connectivity index (χ1) is 10.1. The summed E-state index contributed by atoms with van der Waals surface area (Å²) >= 11 is 1.61. The number of carbonyl (C=O) groups excluding carboxylic acids is 1. The van der Waals surface area contributed by atoms with E-state index >= 15 is 0 Å². The number of carbonyl (C=O) groups is 1. The van der Waals surface area contributed by atoms with E-state index in [0.717, 1.165) is 40.7 Å². The lowest BCUT2D eigenvalue weighted by atomic mass is 10.1. The first-order valence-corrected chi connectivity index (χ1v) is 7.95. The average Bonchev–Trinajstić information content (AvgIpc) is 3.07. The molecule has 110 valence electrons. The van der Waals surface area contributed by atoms with Gasteiger partial charge in [0.1, 0.15) is 0 Å². The lowest BCUT2D eigenvalue weighted by Gasteiger charge is -2.24. The normalized spacial score (nSPS) is 18.2. The Hall–Kier alpha value is -1.82. The summed E-state index contributed by atoms with van der Waals surface area (Å²) < 4.78 is 0. The minimum absolute atomic E-state index is 0.0699. The summed E-state index contributed by atoms with van der Waals surface area (Å²) in [5.41, 5.74) is 1.86. The molecule has 1 saturated heterocycles. The summed E-state index contributed by atoms with van der Waals surface area (Å²) in [6.45, 7) is 4.75. The maximum atomic E-state index is 12.6. The van der Waals surface area contributed by atoms with Crippen molar-refractivity contribution in [3.63, 3.8) is 0 Å². The second kappa shape index (κ2) is 5.89. The van der Waals surface area contributed by atoms with Gasteiger partial charge in [0.25, 0.3) is 0 Å². The summed E-state index contributed by atoms with van der Waals surface area (Å²) in [6, 6.07) is 0.0699. The van der Waals surface area contributed by atoms with Gasteiger partial charge in [-0.15, -0.1) is 11.3 Å². The maximum Gasteiger partial charge on any atom is 0.228 e. The number of hydrogen-bond acceptors (Lipinski definition) is 5. The minimum Gasteiger partial charge on any atom is -0.334 e. The second-order valence-corrected chi connectivity index (χ2v) is 6.58. The Labute approximate surface area is 128 Å². The fraction of sp³-hybridized carbons (Fsp3) is 0.467. The molecule has 0 aromatic carbocycles. The molecule has 1 aliphatic rings. The molecule has 1 amide bonds. The second-order valence-electron chi connectivity index (χ2n) is 5.29. The van der Waals surface area contributed by atoms with Crippen LogP contribution < -0.4 is 0 Å². The van der Waals surface area contributed by atoms with E-state index in [0.29, 0.717) is 6.42 Å². The van der Waals surface area contributed by atoms with E-state index in [1.165, 1.54) is 0 Å². The summed E-state index contributed by atoms with van der Waals surface area (Å²) in [5.74, 6) is 0.162. The molecule has 5 nitrogen and oxygen atoms in total. The Morgan fingerprint density at radius 2 is 2.29 bits per heavy atom. The fourth-order valence-electron chi connectivity index (χ4n) is 2.83. The van der Waals surface area contributed by atoms with Crippen molar-refractivity contribution in [2.45, 2.75) is 39.2 Å². The number of rotatable bonds is 3. The zero-order chi connectivity index (χ0) is 14.8. The summed E-state index contributed by atoms with van der Waals surface area (Å²) in [4.78, 5) is 28.5. The van der Waals surface area contributed by atoms with Gasteiger partial charge >= 0.3 is 0 Å². The van der Waals surface area contributed by atoms with Crippen LogP contribution in [0.3, 0.4) is 0 Å². The van der Waals surface area contributed by atoms with Gasteiger partial charge in [0, 0.05) is 23.8 Å². The standard InChI is InChI=1S/C15H18N4OS/c1-10-14(21-11(2)18-10)8-15(20)19-7-3-4-13(19)12-9-16-5-6-17-12/h5-6,9,13H,3-4,7-8H2,1-2H3/t13-/m1/s1.